The first-order valence-corrected chi connectivity index (χ1v) is 12.7. The predicted molar refractivity (Wildman–Crippen MR) is 143 cm³/mol. The first-order valence-electron chi connectivity index (χ1n) is 12.7. The second-order valence-electron chi connectivity index (χ2n) is 9.54. The summed E-state index contributed by atoms with van der Waals surface area (Å²) in [5, 5.41) is 13.8. The van der Waals surface area contributed by atoms with E-state index in [2.05, 4.69) is 17.3 Å². The molecule has 1 saturated heterocycles. The molecule has 0 bridgehead atoms. The molecule has 5 rings (SSSR count). The maximum atomic E-state index is 13.1. The third-order valence-electron chi connectivity index (χ3n) is 7.25. The molecule has 3 aromatic rings. The van der Waals surface area contributed by atoms with Crippen LogP contribution in [0.15, 0.2) is 77.8 Å². The Balaban J connectivity index is 1.31. The van der Waals surface area contributed by atoms with Crippen molar-refractivity contribution in [2.24, 2.45) is 4.99 Å². The largest absolute Gasteiger partial charge is 0.390 e. The molecule has 3 atom stereocenters. The minimum absolute atomic E-state index is 0.197. The number of ether oxygens (including phenoxy) is 1. The van der Waals surface area contributed by atoms with Crippen LogP contribution in [0.2, 0.25) is 0 Å². The molecule has 1 fully saturated rings. The number of rotatable bonds is 7. The molecule has 1 aliphatic heterocycles. The highest BCUT2D eigenvalue weighted by molar-refractivity contribution is 5.95. The number of aliphatic hydroxyl groups excluding tert-OH is 1. The number of hydrogen-bond donors (Lipinski definition) is 2. The van der Waals surface area contributed by atoms with Crippen molar-refractivity contribution in [3.63, 3.8) is 0 Å². The number of aliphatic hydroxyl groups is 1. The molecule has 36 heavy (non-hydrogen) atoms. The summed E-state index contributed by atoms with van der Waals surface area (Å²) in [7, 11) is 2.07. The highest BCUT2D eigenvalue weighted by Gasteiger charge is 2.33. The number of hydrogen-bond acceptors (Lipinski definition) is 4. The molecule has 0 saturated carbocycles. The van der Waals surface area contributed by atoms with Crippen LogP contribution in [0, 0.1) is 0 Å². The van der Waals surface area contributed by atoms with Crippen molar-refractivity contribution in [3.05, 3.63) is 89.5 Å². The fourth-order valence-corrected chi connectivity index (χ4v) is 5.13. The molecule has 6 heteroatoms. The third kappa shape index (κ3) is 5.06. The zero-order valence-corrected chi connectivity index (χ0v) is 20.9. The summed E-state index contributed by atoms with van der Waals surface area (Å²) in [5.41, 5.74) is 5.56. The summed E-state index contributed by atoms with van der Waals surface area (Å²) in [4.78, 5) is 20.2. The van der Waals surface area contributed by atoms with Gasteiger partial charge < -0.3 is 20.1 Å². The predicted octanol–water partition coefficient (Wildman–Crippen LogP) is 4.90. The number of likely N-dealkylation sites (tertiary alicyclic amines) is 1. The average Bonchev–Trinajstić information content (AvgIpc) is 3.41. The number of carbonyl (C=O) groups is 1. The van der Waals surface area contributed by atoms with Crippen molar-refractivity contribution in [2.75, 3.05) is 20.3 Å². The number of amidine groups is 1. The maximum Gasteiger partial charge on any atom is 0.251 e. The second-order valence-corrected chi connectivity index (χ2v) is 9.54. The lowest BCUT2D eigenvalue weighted by Crippen LogP contribution is -2.33. The number of benzene rings is 3. The van der Waals surface area contributed by atoms with E-state index in [0.717, 1.165) is 46.6 Å². The molecular weight excluding hydrogens is 450 g/mol. The second kappa shape index (κ2) is 10.6. The summed E-state index contributed by atoms with van der Waals surface area (Å²) in [6.45, 7) is 3.44. The van der Waals surface area contributed by atoms with Crippen LogP contribution in [0.1, 0.15) is 47.3 Å². The van der Waals surface area contributed by atoms with Crippen LogP contribution >= 0.6 is 0 Å². The Kier molecular flexibility index (Phi) is 7.16. The van der Waals surface area contributed by atoms with Crippen LogP contribution in [-0.4, -0.2) is 54.2 Å². The molecule has 1 heterocycles. The quantitative estimate of drug-likeness (QED) is 0.501. The van der Waals surface area contributed by atoms with Crippen molar-refractivity contribution < 1.29 is 14.6 Å². The number of fused-ring (bicyclic) bond motifs is 1. The van der Waals surface area contributed by atoms with Crippen LogP contribution in [0.5, 0.6) is 0 Å². The van der Waals surface area contributed by atoms with Crippen LogP contribution in [0.3, 0.4) is 0 Å². The van der Waals surface area contributed by atoms with Crippen LogP contribution < -0.4 is 5.32 Å². The molecule has 1 amide bonds. The Morgan fingerprint density at radius 2 is 1.83 bits per heavy atom. The number of aliphatic imine (C=N–C) groups is 1. The van der Waals surface area contributed by atoms with E-state index < -0.39 is 12.1 Å². The molecule has 2 N–H and O–H groups in total. The van der Waals surface area contributed by atoms with E-state index in [1.165, 1.54) is 0 Å². The van der Waals surface area contributed by atoms with E-state index in [9.17, 15) is 9.90 Å². The van der Waals surface area contributed by atoms with Crippen LogP contribution in [0.25, 0.3) is 11.1 Å². The minimum atomic E-state index is -0.667. The molecule has 0 aromatic heterocycles. The smallest absolute Gasteiger partial charge is 0.251 e. The third-order valence-corrected chi connectivity index (χ3v) is 7.25. The van der Waals surface area contributed by atoms with Gasteiger partial charge in [-0.25, -0.2) is 4.99 Å². The SMILES string of the molecule is CCOCC1CCC(=Nc2ccc3c(c2)C(NC(=O)c2ccc(-c4ccccc4)cc2)C(O)C3)N1C. The Morgan fingerprint density at radius 3 is 2.58 bits per heavy atom. The van der Waals surface area contributed by atoms with Gasteiger partial charge >= 0.3 is 0 Å². The van der Waals surface area contributed by atoms with Crippen molar-refractivity contribution in [3.8, 4) is 11.1 Å². The minimum Gasteiger partial charge on any atom is -0.390 e. The van der Waals surface area contributed by atoms with Crippen molar-refractivity contribution in [1.82, 2.24) is 10.2 Å². The molecule has 3 unspecified atom stereocenters. The van der Waals surface area contributed by atoms with Crippen molar-refractivity contribution >= 4 is 17.4 Å². The Morgan fingerprint density at radius 1 is 1.08 bits per heavy atom. The summed E-state index contributed by atoms with van der Waals surface area (Å²) >= 11 is 0. The molecule has 186 valence electrons. The van der Waals surface area contributed by atoms with Gasteiger partial charge in [0, 0.05) is 32.1 Å². The van der Waals surface area contributed by atoms with Gasteiger partial charge in [0.25, 0.3) is 5.91 Å². The highest BCUT2D eigenvalue weighted by Crippen LogP contribution is 2.35. The first kappa shape index (κ1) is 24.2. The zero-order valence-electron chi connectivity index (χ0n) is 20.9. The Labute approximate surface area is 212 Å². The molecule has 0 radical (unpaired) electrons. The number of amides is 1. The monoisotopic (exact) mass is 483 g/mol. The maximum absolute atomic E-state index is 13.1. The molecular formula is C30H33N3O3. The summed E-state index contributed by atoms with van der Waals surface area (Å²) in [5.74, 6) is 0.842. The van der Waals surface area contributed by atoms with Crippen LogP contribution in [-0.2, 0) is 11.2 Å². The van der Waals surface area contributed by atoms with Gasteiger partial charge in [0.1, 0.15) is 5.84 Å². The van der Waals surface area contributed by atoms with Gasteiger partial charge in [0.2, 0.25) is 0 Å². The van der Waals surface area contributed by atoms with E-state index >= 15 is 0 Å². The topological polar surface area (TPSA) is 74.2 Å². The fraction of sp³-hybridized carbons (Fsp3) is 0.333. The number of nitrogens with one attached hydrogen (secondary N) is 1. The standard InChI is InChI=1S/C30H33N3O3/c1-3-36-19-25-15-16-28(33(25)2)31-24-14-13-23-17-27(34)29(26(23)18-24)32-30(35)22-11-9-21(10-12-22)20-7-5-4-6-8-20/h4-14,18,25,27,29,34H,3,15-17,19H2,1-2H3,(H,32,35). The van der Waals surface area contributed by atoms with Gasteiger partial charge in [-0.1, -0.05) is 48.5 Å². The molecule has 2 aliphatic rings. The normalized spacial score (nSPS) is 22.1. The Hall–Kier alpha value is -3.48. The zero-order chi connectivity index (χ0) is 25.1. The summed E-state index contributed by atoms with van der Waals surface area (Å²) < 4.78 is 5.61. The lowest BCUT2D eigenvalue weighted by Gasteiger charge is -2.22. The summed E-state index contributed by atoms with van der Waals surface area (Å²) in [6.07, 6.45) is 1.79. The molecule has 6 nitrogen and oxygen atoms in total. The van der Waals surface area contributed by atoms with Gasteiger partial charge in [0.05, 0.1) is 30.5 Å². The van der Waals surface area contributed by atoms with E-state index in [1.807, 2.05) is 79.7 Å². The summed E-state index contributed by atoms with van der Waals surface area (Å²) in [6, 6.07) is 23.5. The fourth-order valence-electron chi connectivity index (χ4n) is 5.13. The molecule has 3 aromatic carbocycles. The van der Waals surface area contributed by atoms with Crippen LogP contribution in [0.4, 0.5) is 5.69 Å². The van der Waals surface area contributed by atoms with E-state index in [1.54, 1.807) is 0 Å². The highest BCUT2D eigenvalue weighted by atomic mass is 16.5. The van der Waals surface area contributed by atoms with E-state index in [-0.39, 0.29) is 5.91 Å². The van der Waals surface area contributed by atoms with Gasteiger partial charge in [-0.3, -0.25) is 4.79 Å². The van der Waals surface area contributed by atoms with Crippen molar-refractivity contribution in [1.29, 1.82) is 0 Å². The average molecular weight is 484 g/mol. The van der Waals surface area contributed by atoms with E-state index in [0.29, 0.717) is 31.2 Å². The van der Waals surface area contributed by atoms with Gasteiger partial charge in [-0.05, 0) is 59.9 Å². The van der Waals surface area contributed by atoms with Gasteiger partial charge in [0.15, 0.2) is 0 Å². The Bertz CT molecular complexity index is 1240. The lowest BCUT2D eigenvalue weighted by molar-refractivity contribution is 0.0858. The number of likely N-dealkylation sites (N-methyl/N-ethyl adjacent to an activating group) is 1. The van der Waals surface area contributed by atoms with Gasteiger partial charge in [-0.2, -0.15) is 0 Å². The first-order chi connectivity index (χ1) is 17.5. The number of carbonyl (C=O) groups excluding carboxylic acids is 1. The number of nitrogens with zero attached hydrogens (tertiary/aromatic N) is 2. The van der Waals surface area contributed by atoms with Gasteiger partial charge in [-0.15, -0.1) is 0 Å². The van der Waals surface area contributed by atoms with Crippen molar-refractivity contribution in [2.45, 2.75) is 44.4 Å². The molecule has 1 aliphatic carbocycles. The van der Waals surface area contributed by atoms with E-state index in [4.69, 9.17) is 9.73 Å². The molecule has 0 spiro atoms. The lowest BCUT2D eigenvalue weighted by atomic mass is 10.0.